The molecule has 0 aromatic heterocycles. The van der Waals surface area contributed by atoms with Crippen molar-refractivity contribution in [2.24, 2.45) is 0 Å². The Kier molecular flexibility index (Phi) is 1.61. The first-order valence-corrected chi connectivity index (χ1v) is 4.12. The first-order chi connectivity index (χ1) is 5.79. The van der Waals surface area contributed by atoms with Crippen LogP contribution in [0.25, 0.3) is 0 Å². The second kappa shape index (κ2) is 2.63. The maximum atomic E-state index is 10.9. The molecule has 1 unspecified atom stereocenters. The predicted molar refractivity (Wildman–Crippen MR) is 45.6 cm³/mol. The third-order valence-electron chi connectivity index (χ3n) is 2.45. The molecule has 1 atom stereocenters. The SMILES string of the molecule is [NH]C(=O)C1CCc2ccccc21. The van der Waals surface area contributed by atoms with E-state index in [9.17, 15) is 4.79 Å². The lowest BCUT2D eigenvalue weighted by Gasteiger charge is -2.04. The van der Waals surface area contributed by atoms with E-state index in [2.05, 4.69) is 0 Å². The molecular formula is C10H10NO. The summed E-state index contributed by atoms with van der Waals surface area (Å²) in [4.78, 5) is 10.9. The number of hydrogen-bond donors (Lipinski definition) is 0. The molecule has 0 heterocycles. The molecule has 2 rings (SSSR count). The van der Waals surface area contributed by atoms with E-state index in [0.29, 0.717) is 0 Å². The molecule has 2 heteroatoms. The summed E-state index contributed by atoms with van der Waals surface area (Å²) < 4.78 is 0. The van der Waals surface area contributed by atoms with Crippen molar-refractivity contribution in [1.29, 1.82) is 0 Å². The van der Waals surface area contributed by atoms with Crippen LogP contribution in [0.3, 0.4) is 0 Å². The van der Waals surface area contributed by atoms with Gasteiger partial charge in [0.1, 0.15) is 0 Å². The van der Waals surface area contributed by atoms with Gasteiger partial charge in [0.25, 0.3) is 0 Å². The highest BCUT2D eigenvalue weighted by Gasteiger charge is 2.26. The van der Waals surface area contributed by atoms with Crippen LogP contribution in [-0.4, -0.2) is 5.91 Å². The molecule has 1 N–H and O–H groups in total. The minimum absolute atomic E-state index is 0.152. The van der Waals surface area contributed by atoms with Gasteiger partial charge in [-0.2, -0.15) is 0 Å². The van der Waals surface area contributed by atoms with Gasteiger partial charge in [0, 0.05) is 0 Å². The Labute approximate surface area is 71.4 Å². The largest absolute Gasteiger partial charge is 0.273 e. The predicted octanol–water partition coefficient (Wildman–Crippen LogP) is 1.53. The third kappa shape index (κ3) is 0.998. The van der Waals surface area contributed by atoms with Crippen LogP contribution in [0.2, 0.25) is 0 Å². The zero-order chi connectivity index (χ0) is 8.55. The van der Waals surface area contributed by atoms with Gasteiger partial charge in [0.05, 0.1) is 5.92 Å². The second-order valence-corrected chi connectivity index (χ2v) is 3.15. The van der Waals surface area contributed by atoms with Gasteiger partial charge in [-0.05, 0) is 24.0 Å². The van der Waals surface area contributed by atoms with Crippen molar-refractivity contribution in [2.75, 3.05) is 0 Å². The van der Waals surface area contributed by atoms with Crippen LogP contribution in [0.1, 0.15) is 23.5 Å². The monoisotopic (exact) mass is 160 g/mol. The average Bonchev–Trinajstić information content (AvgIpc) is 2.47. The molecular weight excluding hydrogens is 150 g/mol. The van der Waals surface area contributed by atoms with Gasteiger partial charge in [0.15, 0.2) is 0 Å². The molecule has 1 aromatic carbocycles. The van der Waals surface area contributed by atoms with E-state index in [-0.39, 0.29) is 5.92 Å². The fourth-order valence-corrected chi connectivity index (χ4v) is 1.83. The Balaban J connectivity index is 2.42. The fourth-order valence-electron chi connectivity index (χ4n) is 1.83. The first-order valence-electron chi connectivity index (χ1n) is 4.12. The van der Waals surface area contributed by atoms with Crippen LogP contribution in [0.4, 0.5) is 0 Å². The topological polar surface area (TPSA) is 40.9 Å². The van der Waals surface area contributed by atoms with E-state index in [4.69, 9.17) is 5.73 Å². The maximum absolute atomic E-state index is 10.9. The molecule has 1 aromatic rings. The lowest BCUT2D eigenvalue weighted by molar-refractivity contribution is -0.120. The molecule has 0 aliphatic heterocycles. The number of aryl methyl sites for hydroxylation is 1. The zero-order valence-electron chi connectivity index (χ0n) is 6.71. The van der Waals surface area contributed by atoms with Crippen LogP contribution >= 0.6 is 0 Å². The van der Waals surface area contributed by atoms with Crippen molar-refractivity contribution in [3.63, 3.8) is 0 Å². The smallest absolute Gasteiger partial charge is 0.245 e. The van der Waals surface area contributed by atoms with Crippen LogP contribution in [-0.2, 0) is 11.2 Å². The van der Waals surface area contributed by atoms with Crippen LogP contribution < -0.4 is 5.73 Å². The van der Waals surface area contributed by atoms with E-state index < -0.39 is 5.91 Å². The molecule has 0 fully saturated rings. The Morgan fingerprint density at radius 2 is 2.17 bits per heavy atom. The molecule has 1 aliphatic carbocycles. The Morgan fingerprint density at radius 1 is 1.42 bits per heavy atom. The summed E-state index contributed by atoms with van der Waals surface area (Å²) in [5.41, 5.74) is 9.37. The lowest BCUT2D eigenvalue weighted by atomic mass is 10.0. The lowest BCUT2D eigenvalue weighted by Crippen LogP contribution is -2.09. The van der Waals surface area contributed by atoms with Crippen LogP contribution in [0, 0.1) is 0 Å². The van der Waals surface area contributed by atoms with Gasteiger partial charge in [-0.25, -0.2) is 0 Å². The standard InChI is InChI=1S/C10H10NO/c11-10(12)9-6-5-7-3-1-2-4-8(7)9/h1-4,9,11H,5-6H2. The molecule has 12 heavy (non-hydrogen) atoms. The number of amides is 1. The quantitative estimate of drug-likeness (QED) is 0.614. The summed E-state index contributed by atoms with van der Waals surface area (Å²) in [6.07, 6.45) is 1.77. The number of benzene rings is 1. The second-order valence-electron chi connectivity index (χ2n) is 3.15. The van der Waals surface area contributed by atoms with Crippen molar-refractivity contribution < 1.29 is 4.79 Å². The van der Waals surface area contributed by atoms with Gasteiger partial charge < -0.3 is 0 Å². The number of rotatable bonds is 1. The van der Waals surface area contributed by atoms with Gasteiger partial charge in [-0.1, -0.05) is 24.3 Å². The Morgan fingerprint density at radius 3 is 2.92 bits per heavy atom. The summed E-state index contributed by atoms with van der Waals surface area (Å²) in [6, 6.07) is 7.91. The van der Waals surface area contributed by atoms with Gasteiger partial charge in [0.2, 0.25) is 5.91 Å². The first kappa shape index (κ1) is 7.35. The minimum Gasteiger partial charge on any atom is -0.273 e. The van der Waals surface area contributed by atoms with E-state index in [1.54, 1.807) is 0 Å². The summed E-state index contributed by atoms with van der Waals surface area (Å²) in [6.45, 7) is 0. The number of carbonyl (C=O) groups excluding carboxylic acids is 1. The highest BCUT2D eigenvalue weighted by Crippen LogP contribution is 2.32. The van der Waals surface area contributed by atoms with Crippen molar-refractivity contribution in [3.8, 4) is 0 Å². The molecule has 0 spiro atoms. The molecule has 1 radical (unpaired) electrons. The third-order valence-corrected chi connectivity index (χ3v) is 2.45. The van der Waals surface area contributed by atoms with Crippen molar-refractivity contribution in [2.45, 2.75) is 18.8 Å². The van der Waals surface area contributed by atoms with Crippen LogP contribution in [0.5, 0.6) is 0 Å². The maximum Gasteiger partial charge on any atom is 0.245 e. The fraction of sp³-hybridized carbons (Fsp3) is 0.300. The zero-order valence-corrected chi connectivity index (χ0v) is 6.71. The molecule has 2 nitrogen and oxygen atoms in total. The molecule has 1 amide bonds. The van der Waals surface area contributed by atoms with Crippen molar-refractivity contribution in [1.82, 2.24) is 5.73 Å². The van der Waals surface area contributed by atoms with Gasteiger partial charge in [-0.15, -0.1) is 0 Å². The molecule has 0 saturated heterocycles. The van der Waals surface area contributed by atoms with E-state index in [1.165, 1.54) is 5.56 Å². The number of nitrogens with one attached hydrogen (secondary N) is 1. The van der Waals surface area contributed by atoms with Crippen LogP contribution in [0.15, 0.2) is 24.3 Å². The number of hydrogen-bond acceptors (Lipinski definition) is 1. The highest BCUT2D eigenvalue weighted by atomic mass is 16.1. The highest BCUT2D eigenvalue weighted by molar-refractivity contribution is 5.82. The molecule has 1 aliphatic rings. The number of carbonyl (C=O) groups is 1. The molecule has 0 bridgehead atoms. The Bertz CT molecular complexity index is 319. The molecule has 61 valence electrons. The van der Waals surface area contributed by atoms with E-state index >= 15 is 0 Å². The van der Waals surface area contributed by atoms with E-state index in [0.717, 1.165) is 18.4 Å². The Hall–Kier alpha value is -1.31. The summed E-state index contributed by atoms with van der Waals surface area (Å²) in [5.74, 6) is -0.596. The summed E-state index contributed by atoms with van der Waals surface area (Å²) >= 11 is 0. The average molecular weight is 160 g/mol. The molecule has 0 saturated carbocycles. The van der Waals surface area contributed by atoms with E-state index in [1.807, 2.05) is 24.3 Å². The van der Waals surface area contributed by atoms with Crippen molar-refractivity contribution >= 4 is 5.91 Å². The minimum atomic E-state index is -0.444. The summed E-state index contributed by atoms with van der Waals surface area (Å²) in [5, 5.41) is 0. The normalized spacial score (nSPS) is 20.5. The number of fused-ring (bicyclic) bond motifs is 1. The van der Waals surface area contributed by atoms with Gasteiger partial charge in [-0.3, -0.25) is 10.5 Å². The summed E-state index contributed by atoms with van der Waals surface area (Å²) in [7, 11) is 0. The van der Waals surface area contributed by atoms with Crippen molar-refractivity contribution in [3.05, 3.63) is 35.4 Å². The van der Waals surface area contributed by atoms with Gasteiger partial charge >= 0.3 is 0 Å².